The van der Waals surface area contributed by atoms with E-state index < -0.39 is 11.9 Å². The third-order valence-corrected chi connectivity index (χ3v) is 3.09. The van der Waals surface area contributed by atoms with Crippen molar-refractivity contribution >= 4 is 11.9 Å². The molecule has 2 aliphatic carbocycles. The average molecular weight is 197 g/mol. The van der Waals surface area contributed by atoms with Gasteiger partial charge in [0.2, 0.25) is 5.91 Å². The van der Waals surface area contributed by atoms with Gasteiger partial charge >= 0.3 is 5.97 Å². The molecule has 0 spiro atoms. The van der Waals surface area contributed by atoms with Crippen LogP contribution in [0.2, 0.25) is 0 Å². The molecule has 0 aliphatic heterocycles. The molecule has 0 aromatic carbocycles. The topological polar surface area (TPSA) is 66.4 Å². The summed E-state index contributed by atoms with van der Waals surface area (Å²) in [5, 5.41) is 11.8. The van der Waals surface area contributed by atoms with E-state index in [1.54, 1.807) is 0 Å². The number of nitrogens with one attached hydrogen (secondary N) is 1. The molecular weight excluding hydrogens is 182 g/mol. The van der Waals surface area contributed by atoms with Crippen molar-refractivity contribution in [3.05, 3.63) is 0 Å². The monoisotopic (exact) mass is 197 g/mol. The van der Waals surface area contributed by atoms with Crippen molar-refractivity contribution in [3.63, 3.8) is 0 Å². The SMILES string of the molecule is O=C(O)[C@H]1CCC[C@H]1C(=O)NC1CC1. The van der Waals surface area contributed by atoms with Crippen LogP contribution >= 0.6 is 0 Å². The first-order valence-electron chi connectivity index (χ1n) is 5.21. The van der Waals surface area contributed by atoms with Crippen molar-refractivity contribution in [1.82, 2.24) is 5.32 Å². The maximum atomic E-state index is 11.6. The fourth-order valence-corrected chi connectivity index (χ4v) is 2.11. The summed E-state index contributed by atoms with van der Waals surface area (Å²) in [6.45, 7) is 0. The van der Waals surface area contributed by atoms with Crippen molar-refractivity contribution < 1.29 is 14.7 Å². The lowest BCUT2D eigenvalue weighted by molar-refractivity contribution is -0.146. The molecule has 78 valence electrons. The van der Waals surface area contributed by atoms with Gasteiger partial charge in [0.1, 0.15) is 0 Å². The summed E-state index contributed by atoms with van der Waals surface area (Å²) in [4.78, 5) is 22.5. The minimum absolute atomic E-state index is 0.0441. The Morgan fingerprint density at radius 1 is 1.07 bits per heavy atom. The number of carboxylic acid groups (broad SMARTS) is 1. The quantitative estimate of drug-likeness (QED) is 0.702. The molecule has 0 radical (unpaired) electrons. The molecule has 2 saturated carbocycles. The minimum Gasteiger partial charge on any atom is -0.481 e. The molecule has 0 bridgehead atoms. The smallest absolute Gasteiger partial charge is 0.307 e. The van der Waals surface area contributed by atoms with Gasteiger partial charge in [0.05, 0.1) is 11.8 Å². The van der Waals surface area contributed by atoms with Crippen LogP contribution in [-0.2, 0) is 9.59 Å². The Balaban J connectivity index is 1.93. The number of hydrogen-bond acceptors (Lipinski definition) is 2. The molecule has 0 aromatic rings. The molecule has 4 heteroatoms. The molecular formula is C10H15NO3. The largest absolute Gasteiger partial charge is 0.481 e. The molecule has 4 nitrogen and oxygen atoms in total. The number of carbonyl (C=O) groups excluding carboxylic acids is 1. The fourth-order valence-electron chi connectivity index (χ4n) is 2.11. The van der Waals surface area contributed by atoms with Crippen molar-refractivity contribution in [2.24, 2.45) is 11.8 Å². The van der Waals surface area contributed by atoms with Crippen molar-refractivity contribution in [3.8, 4) is 0 Å². The number of hydrogen-bond donors (Lipinski definition) is 2. The zero-order valence-electron chi connectivity index (χ0n) is 8.03. The Kier molecular flexibility index (Phi) is 2.44. The van der Waals surface area contributed by atoms with E-state index in [9.17, 15) is 9.59 Å². The molecule has 14 heavy (non-hydrogen) atoms. The second-order valence-corrected chi connectivity index (χ2v) is 4.26. The maximum Gasteiger partial charge on any atom is 0.307 e. The first-order chi connectivity index (χ1) is 6.68. The van der Waals surface area contributed by atoms with Crippen LogP contribution in [-0.4, -0.2) is 23.0 Å². The highest BCUT2D eigenvalue weighted by Crippen LogP contribution is 2.33. The minimum atomic E-state index is -0.821. The summed E-state index contributed by atoms with van der Waals surface area (Å²) in [7, 11) is 0. The highest BCUT2D eigenvalue weighted by molar-refractivity contribution is 5.85. The summed E-state index contributed by atoms with van der Waals surface area (Å²) >= 11 is 0. The molecule has 0 aromatic heterocycles. The van der Waals surface area contributed by atoms with Gasteiger partial charge in [-0.2, -0.15) is 0 Å². The van der Waals surface area contributed by atoms with Crippen LogP contribution in [0.3, 0.4) is 0 Å². The van der Waals surface area contributed by atoms with Crippen molar-refractivity contribution in [1.29, 1.82) is 0 Å². The summed E-state index contributed by atoms with van der Waals surface area (Å²) in [6.07, 6.45) is 4.35. The predicted molar refractivity (Wildman–Crippen MR) is 49.6 cm³/mol. The predicted octanol–water partition coefficient (Wildman–Crippen LogP) is 0.766. The van der Waals surface area contributed by atoms with Gasteiger partial charge in [-0.05, 0) is 25.7 Å². The zero-order valence-corrected chi connectivity index (χ0v) is 8.03. The standard InChI is InChI=1S/C10H15NO3/c12-9(11-6-4-5-6)7-2-1-3-8(7)10(13)14/h6-8H,1-5H2,(H,11,12)(H,13,14)/t7-,8+/m1/s1. The first-order valence-corrected chi connectivity index (χ1v) is 5.21. The lowest BCUT2D eigenvalue weighted by atomic mass is 9.95. The highest BCUT2D eigenvalue weighted by Gasteiger charge is 2.39. The third kappa shape index (κ3) is 1.89. The van der Waals surface area contributed by atoms with Gasteiger partial charge in [0.15, 0.2) is 0 Å². The first kappa shape index (κ1) is 9.49. The number of aliphatic carboxylic acids is 1. The van der Waals surface area contributed by atoms with E-state index in [0.717, 1.165) is 25.7 Å². The van der Waals surface area contributed by atoms with Crippen LogP contribution in [0.1, 0.15) is 32.1 Å². The number of carboxylic acids is 1. The average Bonchev–Trinajstić information content (AvgIpc) is 2.81. The van der Waals surface area contributed by atoms with Crippen LogP contribution in [0.5, 0.6) is 0 Å². The van der Waals surface area contributed by atoms with Crippen LogP contribution in [0.25, 0.3) is 0 Å². The molecule has 2 atom stereocenters. The summed E-state index contributed by atoms with van der Waals surface area (Å²) in [6, 6.07) is 0.331. The highest BCUT2D eigenvalue weighted by atomic mass is 16.4. The van der Waals surface area contributed by atoms with Gasteiger partial charge < -0.3 is 10.4 Å². The van der Waals surface area contributed by atoms with E-state index in [4.69, 9.17) is 5.11 Å². The molecule has 2 aliphatic rings. The fraction of sp³-hybridized carbons (Fsp3) is 0.800. The Morgan fingerprint density at radius 3 is 2.29 bits per heavy atom. The van der Waals surface area contributed by atoms with Crippen LogP contribution in [0, 0.1) is 11.8 Å². The summed E-state index contributed by atoms with van der Waals surface area (Å²) in [5.41, 5.74) is 0. The molecule has 0 unspecified atom stereocenters. The second kappa shape index (κ2) is 3.59. The van der Waals surface area contributed by atoms with Gasteiger partial charge in [-0.1, -0.05) is 6.42 Å². The van der Waals surface area contributed by atoms with Crippen LogP contribution in [0.4, 0.5) is 0 Å². The Labute approximate surface area is 82.7 Å². The lowest BCUT2D eigenvalue weighted by Crippen LogP contribution is -2.36. The molecule has 0 saturated heterocycles. The van der Waals surface area contributed by atoms with E-state index in [1.165, 1.54) is 0 Å². The summed E-state index contributed by atoms with van der Waals surface area (Å²) in [5.74, 6) is -1.60. The van der Waals surface area contributed by atoms with E-state index in [1.807, 2.05) is 0 Å². The zero-order chi connectivity index (χ0) is 10.1. The number of amides is 1. The third-order valence-electron chi connectivity index (χ3n) is 3.09. The number of carbonyl (C=O) groups is 2. The molecule has 2 rings (SSSR count). The van der Waals surface area contributed by atoms with E-state index >= 15 is 0 Å². The van der Waals surface area contributed by atoms with Crippen molar-refractivity contribution in [2.75, 3.05) is 0 Å². The molecule has 2 N–H and O–H groups in total. The van der Waals surface area contributed by atoms with Gasteiger partial charge in [-0.25, -0.2) is 0 Å². The van der Waals surface area contributed by atoms with E-state index in [-0.39, 0.29) is 11.8 Å². The Bertz CT molecular complexity index is 260. The van der Waals surface area contributed by atoms with Gasteiger partial charge in [0.25, 0.3) is 0 Å². The van der Waals surface area contributed by atoms with E-state index in [2.05, 4.69) is 5.32 Å². The van der Waals surface area contributed by atoms with Crippen LogP contribution < -0.4 is 5.32 Å². The van der Waals surface area contributed by atoms with E-state index in [0.29, 0.717) is 12.5 Å². The molecule has 1 amide bonds. The van der Waals surface area contributed by atoms with Gasteiger partial charge in [-0.15, -0.1) is 0 Å². The Morgan fingerprint density at radius 2 is 1.71 bits per heavy atom. The lowest BCUT2D eigenvalue weighted by Gasteiger charge is -2.14. The van der Waals surface area contributed by atoms with Crippen LogP contribution in [0.15, 0.2) is 0 Å². The Hall–Kier alpha value is -1.06. The number of rotatable bonds is 3. The summed E-state index contributed by atoms with van der Waals surface area (Å²) < 4.78 is 0. The van der Waals surface area contributed by atoms with Crippen molar-refractivity contribution in [2.45, 2.75) is 38.1 Å². The van der Waals surface area contributed by atoms with Gasteiger partial charge in [0, 0.05) is 6.04 Å². The van der Waals surface area contributed by atoms with Gasteiger partial charge in [-0.3, -0.25) is 9.59 Å². The normalized spacial score (nSPS) is 31.4. The molecule has 0 heterocycles. The maximum absolute atomic E-state index is 11.6. The molecule has 2 fully saturated rings. The second-order valence-electron chi connectivity index (χ2n) is 4.26.